The molecule has 2 aromatic carbocycles. The van der Waals surface area contributed by atoms with E-state index in [1.165, 1.54) is 9.79 Å². The Bertz CT molecular complexity index is 457. The van der Waals surface area contributed by atoms with E-state index in [0.717, 1.165) is 19.3 Å². The van der Waals surface area contributed by atoms with Crippen LogP contribution in [0, 0.1) is 0 Å². The molecule has 0 heterocycles. The summed E-state index contributed by atoms with van der Waals surface area (Å²) >= 11 is 16.2. The average molecular weight is 357 g/mol. The maximum atomic E-state index is 6.37. The van der Waals surface area contributed by atoms with Gasteiger partial charge in [0.1, 0.15) is 0 Å². The van der Waals surface area contributed by atoms with Gasteiger partial charge in [-0.2, -0.15) is 0 Å². The highest BCUT2D eigenvalue weighted by Crippen LogP contribution is 2.32. The molecule has 0 aromatic heterocycles. The molecule has 0 radical (unpaired) electrons. The van der Waals surface area contributed by atoms with Crippen LogP contribution in [-0.4, -0.2) is 9.42 Å². The van der Waals surface area contributed by atoms with Crippen LogP contribution in [0.25, 0.3) is 0 Å². The van der Waals surface area contributed by atoms with Crippen molar-refractivity contribution in [1.82, 2.24) is 0 Å². The number of thioether (sulfide) groups is 2. The summed E-state index contributed by atoms with van der Waals surface area (Å²) in [5.41, 5.74) is 0. The van der Waals surface area contributed by atoms with E-state index < -0.39 is 0 Å². The highest BCUT2D eigenvalue weighted by Gasteiger charge is 2.10. The Morgan fingerprint density at radius 2 is 1.05 bits per heavy atom. The molecule has 0 aliphatic heterocycles. The third-order valence-electron chi connectivity index (χ3n) is 2.88. The lowest BCUT2D eigenvalue weighted by molar-refractivity contribution is 0.749. The lowest BCUT2D eigenvalue weighted by Gasteiger charge is -2.12. The van der Waals surface area contributed by atoms with Crippen LogP contribution in [0.4, 0.5) is 0 Å². The lowest BCUT2D eigenvalue weighted by atomic mass is 10.3. The molecule has 2 atom stereocenters. The third kappa shape index (κ3) is 7.01. The summed E-state index contributed by atoms with van der Waals surface area (Å²) in [6.45, 7) is 0. The topological polar surface area (TPSA) is 0 Å². The molecule has 0 spiro atoms. The van der Waals surface area contributed by atoms with E-state index in [1.54, 1.807) is 23.5 Å². The monoisotopic (exact) mass is 356 g/mol. The first kappa shape index (κ1) is 17.1. The van der Waals surface area contributed by atoms with E-state index in [9.17, 15) is 0 Å². The zero-order valence-corrected chi connectivity index (χ0v) is 14.8. The van der Waals surface area contributed by atoms with Gasteiger partial charge in [0.25, 0.3) is 0 Å². The zero-order chi connectivity index (χ0) is 14.9. The Hall–Kier alpha value is -0.280. The molecule has 2 unspecified atom stereocenters. The van der Waals surface area contributed by atoms with Gasteiger partial charge in [-0.05, 0) is 43.5 Å². The molecule has 0 aliphatic carbocycles. The quantitative estimate of drug-likeness (QED) is 0.373. The minimum absolute atomic E-state index is 0.109. The van der Waals surface area contributed by atoms with Crippen LogP contribution in [0.3, 0.4) is 0 Å². The Morgan fingerprint density at radius 3 is 1.43 bits per heavy atom. The largest absolute Gasteiger partial charge is 0.111 e. The van der Waals surface area contributed by atoms with Crippen molar-refractivity contribution in [2.45, 2.75) is 38.5 Å². The van der Waals surface area contributed by atoms with Gasteiger partial charge < -0.3 is 0 Å². The van der Waals surface area contributed by atoms with Crippen LogP contribution in [0.5, 0.6) is 0 Å². The van der Waals surface area contributed by atoms with Gasteiger partial charge in [0.15, 0.2) is 0 Å². The molecule has 112 valence electrons. The summed E-state index contributed by atoms with van der Waals surface area (Å²) in [4.78, 5) is 2.44. The SMILES string of the molecule is ClC(CCCC(Cl)Sc1ccccc1)Sc1ccccc1. The van der Waals surface area contributed by atoms with Crippen LogP contribution in [0.15, 0.2) is 70.5 Å². The maximum Gasteiger partial charge on any atom is 0.0835 e. The molecule has 0 fully saturated rings. The number of hydrogen-bond donors (Lipinski definition) is 0. The molecule has 0 N–H and O–H groups in total. The number of alkyl halides is 2. The molecular formula is C17H18Cl2S2. The second kappa shape index (κ2) is 9.68. The van der Waals surface area contributed by atoms with Gasteiger partial charge in [-0.15, -0.1) is 46.7 Å². The molecule has 0 saturated carbocycles. The second-order valence-electron chi connectivity index (χ2n) is 4.61. The molecular weight excluding hydrogens is 339 g/mol. The van der Waals surface area contributed by atoms with Crippen molar-refractivity contribution in [3.63, 3.8) is 0 Å². The fourth-order valence-electron chi connectivity index (χ4n) is 1.85. The van der Waals surface area contributed by atoms with E-state index in [-0.39, 0.29) is 9.42 Å². The summed E-state index contributed by atoms with van der Waals surface area (Å²) in [6.07, 6.45) is 2.99. The molecule has 0 bridgehead atoms. The van der Waals surface area contributed by atoms with E-state index in [4.69, 9.17) is 23.2 Å². The van der Waals surface area contributed by atoms with Gasteiger partial charge in [0.05, 0.1) is 9.42 Å². The van der Waals surface area contributed by atoms with E-state index in [2.05, 4.69) is 24.3 Å². The summed E-state index contributed by atoms with van der Waals surface area (Å²) < 4.78 is 0.219. The summed E-state index contributed by atoms with van der Waals surface area (Å²) in [7, 11) is 0. The number of hydrogen-bond acceptors (Lipinski definition) is 2. The Morgan fingerprint density at radius 1 is 0.667 bits per heavy atom. The first-order valence-electron chi connectivity index (χ1n) is 6.95. The molecule has 2 aromatic rings. The van der Waals surface area contributed by atoms with Gasteiger partial charge >= 0.3 is 0 Å². The van der Waals surface area contributed by atoms with Gasteiger partial charge in [-0.3, -0.25) is 0 Å². The molecule has 4 heteroatoms. The van der Waals surface area contributed by atoms with Crippen molar-refractivity contribution in [2.24, 2.45) is 0 Å². The zero-order valence-electron chi connectivity index (χ0n) is 11.6. The minimum Gasteiger partial charge on any atom is -0.111 e. The lowest BCUT2D eigenvalue weighted by Crippen LogP contribution is -1.97. The fourth-order valence-corrected chi connectivity index (χ4v) is 4.56. The number of halogens is 2. The molecule has 0 saturated heterocycles. The molecule has 0 aliphatic rings. The van der Waals surface area contributed by atoms with Crippen LogP contribution >= 0.6 is 46.7 Å². The summed E-state index contributed by atoms with van der Waals surface area (Å²) in [5.74, 6) is 0. The maximum absolute atomic E-state index is 6.37. The van der Waals surface area contributed by atoms with Crippen molar-refractivity contribution < 1.29 is 0 Å². The highest BCUT2D eigenvalue weighted by atomic mass is 35.5. The van der Waals surface area contributed by atoms with Gasteiger partial charge in [0.2, 0.25) is 0 Å². The standard InChI is InChI=1S/C17H18Cl2S2/c18-16(20-14-8-3-1-4-9-14)12-7-13-17(19)21-15-10-5-2-6-11-15/h1-6,8-11,16-17H,7,12-13H2. The Balaban J connectivity index is 1.64. The Kier molecular flexibility index (Phi) is 7.87. The van der Waals surface area contributed by atoms with Crippen molar-refractivity contribution in [3.05, 3.63) is 60.7 Å². The first-order valence-corrected chi connectivity index (χ1v) is 9.59. The summed E-state index contributed by atoms with van der Waals surface area (Å²) in [5, 5.41) is 0. The molecule has 2 rings (SSSR count). The van der Waals surface area contributed by atoms with Crippen molar-refractivity contribution >= 4 is 46.7 Å². The number of benzene rings is 2. The molecule has 0 amide bonds. The van der Waals surface area contributed by atoms with Crippen molar-refractivity contribution in [2.75, 3.05) is 0 Å². The molecule has 21 heavy (non-hydrogen) atoms. The minimum atomic E-state index is 0.109. The Labute approximate surface area is 145 Å². The van der Waals surface area contributed by atoms with Gasteiger partial charge in [-0.25, -0.2) is 0 Å². The van der Waals surface area contributed by atoms with Crippen molar-refractivity contribution in [3.8, 4) is 0 Å². The second-order valence-corrected chi connectivity index (χ2v) is 8.74. The predicted octanol–water partition coefficient (Wildman–Crippen LogP) is 6.87. The van der Waals surface area contributed by atoms with E-state index >= 15 is 0 Å². The van der Waals surface area contributed by atoms with Gasteiger partial charge in [0, 0.05) is 9.79 Å². The van der Waals surface area contributed by atoms with Crippen LogP contribution in [0.1, 0.15) is 19.3 Å². The average Bonchev–Trinajstić information content (AvgIpc) is 2.49. The first-order chi connectivity index (χ1) is 10.2. The van der Waals surface area contributed by atoms with Crippen LogP contribution < -0.4 is 0 Å². The van der Waals surface area contributed by atoms with Crippen LogP contribution in [0.2, 0.25) is 0 Å². The smallest absolute Gasteiger partial charge is 0.0835 e. The third-order valence-corrected chi connectivity index (χ3v) is 5.92. The highest BCUT2D eigenvalue weighted by molar-refractivity contribution is 8.01. The van der Waals surface area contributed by atoms with E-state index in [1.807, 2.05) is 36.4 Å². The molecule has 0 nitrogen and oxygen atoms in total. The van der Waals surface area contributed by atoms with Crippen molar-refractivity contribution in [1.29, 1.82) is 0 Å². The predicted molar refractivity (Wildman–Crippen MR) is 97.7 cm³/mol. The van der Waals surface area contributed by atoms with Crippen LogP contribution in [-0.2, 0) is 0 Å². The van der Waals surface area contributed by atoms with E-state index in [0.29, 0.717) is 0 Å². The fraction of sp³-hybridized carbons (Fsp3) is 0.294. The number of rotatable bonds is 8. The normalized spacial score (nSPS) is 13.8. The summed E-state index contributed by atoms with van der Waals surface area (Å²) in [6, 6.07) is 20.6. The van der Waals surface area contributed by atoms with Gasteiger partial charge in [-0.1, -0.05) is 36.4 Å².